The Hall–Kier alpha value is -2.10. The number of hydrogen-bond acceptors (Lipinski definition) is 4. The molecule has 2 rings (SSSR count). The maximum Gasteiger partial charge on any atom is 0.253 e. The molecule has 0 bridgehead atoms. The van der Waals surface area contributed by atoms with Crippen molar-refractivity contribution in [3.05, 3.63) is 42.4 Å². The van der Waals surface area contributed by atoms with E-state index in [4.69, 9.17) is 0 Å². The van der Waals surface area contributed by atoms with E-state index in [1.165, 1.54) is 6.20 Å². The lowest BCUT2D eigenvalue weighted by atomic mass is 10.1. The number of ketones is 2. The molecule has 4 heteroatoms. The predicted octanol–water partition coefficient (Wildman–Crippen LogP) is 0.536. The summed E-state index contributed by atoms with van der Waals surface area (Å²) in [6.07, 6.45) is 4.01. The maximum absolute atomic E-state index is 11.4. The van der Waals surface area contributed by atoms with Crippen LogP contribution in [0.5, 0.6) is 0 Å². The number of aliphatic imine (C=N–C) groups is 1. The fourth-order valence-corrected chi connectivity index (χ4v) is 1.12. The van der Waals surface area contributed by atoms with Crippen molar-refractivity contribution in [3.8, 4) is 0 Å². The second-order valence-corrected chi connectivity index (χ2v) is 2.70. The van der Waals surface area contributed by atoms with E-state index in [0.717, 1.165) is 6.08 Å². The molecule has 0 unspecified atom stereocenters. The van der Waals surface area contributed by atoms with Crippen LogP contribution in [0.3, 0.4) is 0 Å². The molecule has 0 aliphatic carbocycles. The van der Waals surface area contributed by atoms with Crippen LogP contribution in [0, 0.1) is 0 Å². The lowest BCUT2D eigenvalue weighted by Gasteiger charge is -2.03. The van der Waals surface area contributed by atoms with Gasteiger partial charge in [0.2, 0.25) is 5.78 Å². The molecule has 1 aromatic rings. The first-order valence-electron chi connectivity index (χ1n) is 4.03. The van der Waals surface area contributed by atoms with Gasteiger partial charge < -0.3 is 0 Å². The zero-order chi connectivity index (χ0) is 9.97. The van der Waals surface area contributed by atoms with Crippen LogP contribution in [0.25, 0.3) is 0 Å². The minimum atomic E-state index is -0.605. The minimum Gasteiger partial charge on any atom is -0.285 e. The van der Waals surface area contributed by atoms with Crippen molar-refractivity contribution in [3.63, 3.8) is 0 Å². The van der Waals surface area contributed by atoms with E-state index in [-0.39, 0.29) is 5.71 Å². The molecule has 68 valence electrons. The quantitative estimate of drug-likeness (QED) is 0.601. The Morgan fingerprint density at radius 2 is 2.00 bits per heavy atom. The first-order chi connectivity index (χ1) is 6.79. The van der Waals surface area contributed by atoms with Gasteiger partial charge in [-0.1, -0.05) is 6.07 Å². The summed E-state index contributed by atoms with van der Waals surface area (Å²) in [5.41, 5.74) is 0.535. The maximum atomic E-state index is 11.4. The second kappa shape index (κ2) is 3.33. The lowest BCUT2D eigenvalue weighted by molar-refractivity contribution is -0.129. The summed E-state index contributed by atoms with van der Waals surface area (Å²) in [6.45, 7) is 0. The van der Waals surface area contributed by atoms with Crippen molar-refractivity contribution in [2.45, 2.75) is 0 Å². The first-order valence-corrected chi connectivity index (χ1v) is 4.03. The molecule has 1 aliphatic rings. The second-order valence-electron chi connectivity index (χ2n) is 2.70. The summed E-state index contributed by atoms with van der Waals surface area (Å²) >= 11 is 0. The van der Waals surface area contributed by atoms with Gasteiger partial charge >= 0.3 is 0 Å². The van der Waals surface area contributed by atoms with E-state index >= 15 is 0 Å². The van der Waals surface area contributed by atoms with Crippen molar-refractivity contribution in [2.75, 3.05) is 0 Å². The smallest absolute Gasteiger partial charge is 0.253 e. The Balaban J connectivity index is 2.45. The van der Waals surface area contributed by atoms with Gasteiger partial charge in [0.1, 0.15) is 5.71 Å². The van der Waals surface area contributed by atoms with Gasteiger partial charge in [-0.05, 0) is 12.1 Å². The van der Waals surface area contributed by atoms with Gasteiger partial charge in [0, 0.05) is 18.5 Å². The molecule has 0 saturated carbocycles. The van der Waals surface area contributed by atoms with E-state index in [0.29, 0.717) is 5.69 Å². The van der Waals surface area contributed by atoms with Crippen molar-refractivity contribution >= 4 is 17.3 Å². The van der Waals surface area contributed by atoms with Crippen LogP contribution in [-0.2, 0) is 9.59 Å². The summed E-state index contributed by atoms with van der Waals surface area (Å²) < 4.78 is 0. The molecule has 0 radical (unpaired) electrons. The van der Waals surface area contributed by atoms with Gasteiger partial charge in [-0.15, -0.1) is 0 Å². The van der Waals surface area contributed by atoms with E-state index in [9.17, 15) is 9.59 Å². The van der Waals surface area contributed by atoms with Crippen molar-refractivity contribution < 1.29 is 9.59 Å². The summed E-state index contributed by atoms with van der Waals surface area (Å²) in [5.74, 6) is -1.16. The fourth-order valence-electron chi connectivity index (χ4n) is 1.12. The van der Waals surface area contributed by atoms with E-state index in [1.54, 1.807) is 24.4 Å². The molecule has 2 heterocycles. The summed E-state index contributed by atoms with van der Waals surface area (Å²) in [5, 5.41) is 0. The Labute approximate surface area is 80.0 Å². The number of nitrogens with zero attached hydrogens (tertiary/aromatic N) is 2. The van der Waals surface area contributed by atoms with Crippen LogP contribution in [0.1, 0.15) is 5.69 Å². The first kappa shape index (κ1) is 8.50. The molecule has 0 fully saturated rings. The Bertz CT molecular complexity index is 446. The van der Waals surface area contributed by atoms with Gasteiger partial charge in [-0.25, -0.2) is 0 Å². The van der Waals surface area contributed by atoms with Crippen LogP contribution < -0.4 is 0 Å². The van der Waals surface area contributed by atoms with Gasteiger partial charge in [-0.2, -0.15) is 0 Å². The standard InChI is InChI=1S/C10H6N2O2/c13-8-4-6-12-9(10(8)14)7-3-1-2-5-11-7/h1-6H. The molecule has 4 nitrogen and oxygen atoms in total. The number of aromatic nitrogens is 1. The van der Waals surface area contributed by atoms with Gasteiger partial charge in [0.25, 0.3) is 5.78 Å². The summed E-state index contributed by atoms with van der Waals surface area (Å²) in [4.78, 5) is 30.2. The van der Waals surface area contributed by atoms with E-state index in [2.05, 4.69) is 9.98 Å². The Morgan fingerprint density at radius 1 is 1.14 bits per heavy atom. The normalized spacial score (nSPS) is 15.6. The zero-order valence-corrected chi connectivity index (χ0v) is 7.18. The third-order valence-corrected chi connectivity index (χ3v) is 1.78. The fraction of sp³-hybridized carbons (Fsp3) is 0. The summed E-state index contributed by atoms with van der Waals surface area (Å²) in [7, 11) is 0. The van der Waals surface area contributed by atoms with E-state index < -0.39 is 11.6 Å². The number of carbonyl (C=O) groups is 2. The number of rotatable bonds is 1. The number of carbonyl (C=O) groups excluding carboxylic acids is 2. The van der Waals surface area contributed by atoms with Crippen molar-refractivity contribution in [1.29, 1.82) is 0 Å². The largest absolute Gasteiger partial charge is 0.285 e. The highest BCUT2D eigenvalue weighted by atomic mass is 16.2. The average molecular weight is 186 g/mol. The lowest BCUT2D eigenvalue weighted by Crippen LogP contribution is -2.26. The number of pyridine rings is 1. The molecule has 1 aromatic heterocycles. The molecular formula is C10H6N2O2. The highest BCUT2D eigenvalue weighted by Gasteiger charge is 2.22. The van der Waals surface area contributed by atoms with Crippen LogP contribution >= 0.6 is 0 Å². The molecule has 0 aromatic carbocycles. The molecular weight excluding hydrogens is 180 g/mol. The molecule has 0 amide bonds. The number of Topliss-reactive ketones (excluding diaryl/α,β-unsaturated/α-hetero) is 1. The molecule has 14 heavy (non-hydrogen) atoms. The molecule has 1 aliphatic heterocycles. The monoisotopic (exact) mass is 186 g/mol. The SMILES string of the molecule is O=C1C=CN=C(c2ccccn2)C1=O. The van der Waals surface area contributed by atoms with Crippen LogP contribution in [-0.4, -0.2) is 22.3 Å². The van der Waals surface area contributed by atoms with Gasteiger partial charge in [0.05, 0.1) is 5.69 Å². The minimum absolute atomic E-state index is 0.109. The zero-order valence-electron chi connectivity index (χ0n) is 7.18. The molecule has 0 spiro atoms. The van der Waals surface area contributed by atoms with Crippen LogP contribution in [0.4, 0.5) is 0 Å². The average Bonchev–Trinajstić information content (AvgIpc) is 2.23. The van der Waals surface area contributed by atoms with Crippen molar-refractivity contribution in [1.82, 2.24) is 4.98 Å². The molecule has 0 atom stereocenters. The third kappa shape index (κ3) is 1.37. The Morgan fingerprint density at radius 3 is 2.71 bits per heavy atom. The molecule has 0 saturated heterocycles. The third-order valence-electron chi connectivity index (χ3n) is 1.78. The Kier molecular flexibility index (Phi) is 2.02. The number of hydrogen-bond donors (Lipinski definition) is 0. The predicted molar refractivity (Wildman–Crippen MR) is 49.9 cm³/mol. The topological polar surface area (TPSA) is 59.4 Å². The van der Waals surface area contributed by atoms with E-state index in [1.807, 2.05) is 0 Å². The van der Waals surface area contributed by atoms with Gasteiger partial charge in [-0.3, -0.25) is 19.6 Å². The molecule has 0 N–H and O–H groups in total. The summed E-state index contributed by atoms with van der Waals surface area (Å²) in [6, 6.07) is 5.11. The number of allylic oxidation sites excluding steroid dienone is 1. The van der Waals surface area contributed by atoms with Gasteiger partial charge in [0.15, 0.2) is 0 Å². The highest BCUT2D eigenvalue weighted by Crippen LogP contribution is 2.04. The van der Waals surface area contributed by atoms with Crippen molar-refractivity contribution in [2.24, 2.45) is 4.99 Å². The van der Waals surface area contributed by atoms with Crippen LogP contribution in [0.2, 0.25) is 0 Å². The van der Waals surface area contributed by atoms with Crippen LogP contribution in [0.15, 0.2) is 41.7 Å². The highest BCUT2D eigenvalue weighted by molar-refractivity contribution is 6.70.